The fourth-order valence-electron chi connectivity index (χ4n) is 0.887. The summed E-state index contributed by atoms with van der Waals surface area (Å²) in [5.74, 6) is 0.612. The minimum absolute atomic E-state index is 0.612. The van der Waals surface area contributed by atoms with Gasteiger partial charge in [-0.2, -0.15) is 0 Å². The van der Waals surface area contributed by atoms with Crippen molar-refractivity contribution in [1.29, 1.82) is 0 Å². The Morgan fingerprint density at radius 3 is 1.67 bits per heavy atom. The third kappa shape index (κ3) is 15.6. The fourth-order valence-corrected chi connectivity index (χ4v) is 1.05. The molecule has 0 atom stereocenters. The Labute approximate surface area is 112 Å². The maximum Gasteiger partial charge on any atom is 0.692 e. The van der Waals surface area contributed by atoms with Gasteiger partial charge >= 0.3 is 16.5 Å². The lowest BCUT2D eigenvalue weighted by Crippen LogP contribution is -1.83. The van der Waals surface area contributed by atoms with Crippen molar-refractivity contribution in [2.45, 2.75) is 19.7 Å². The SMILES string of the molecule is Cc1ccc(CCl)cc1C.O=[P+](O)O.O=[P+](O)O. The molecule has 0 fully saturated rings. The summed E-state index contributed by atoms with van der Waals surface area (Å²) in [6.45, 7) is 4.21. The van der Waals surface area contributed by atoms with Gasteiger partial charge in [0.15, 0.2) is 0 Å². The first-order valence-electron chi connectivity index (χ1n) is 4.52. The predicted molar refractivity (Wildman–Crippen MR) is 69.6 cm³/mol. The average molecular weight is 317 g/mol. The van der Waals surface area contributed by atoms with Crippen molar-refractivity contribution in [3.05, 3.63) is 34.9 Å². The second kappa shape index (κ2) is 11.6. The molecule has 9 heteroatoms. The number of benzene rings is 1. The molecule has 0 aliphatic carbocycles. The zero-order chi connectivity index (χ0) is 14.7. The molecule has 0 spiro atoms. The van der Waals surface area contributed by atoms with E-state index in [2.05, 4.69) is 32.0 Å². The summed E-state index contributed by atoms with van der Waals surface area (Å²) in [6, 6.07) is 6.30. The maximum atomic E-state index is 8.70. The summed E-state index contributed by atoms with van der Waals surface area (Å²) >= 11 is 5.65. The minimum atomic E-state index is -2.87. The first kappa shape index (κ1) is 19.9. The zero-order valence-electron chi connectivity index (χ0n) is 9.82. The van der Waals surface area contributed by atoms with E-state index in [9.17, 15) is 0 Å². The van der Waals surface area contributed by atoms with Gasteiger partial charge in [0.2, 0.25) is 0 Å². The zero-order valence-corrected chi connectivity index (χ0v) is 12.4. The van der Waals surface area contributed by atoms with Crippen molar-refractivity contribution < 1.29 is 28.7 Å². The lowest BCUT2D eigenvalue weighted by molar-refractivity contribution is 0.403. The van der Waals surface area contributed by atoms with Gasteiger partial charge in [-0.15, -0.1) is 31.2 Å². The van der Waals surface area contributed by atoms with Gasteiger partial charge in [0.1, 0.15) is 0 Å². The highest BCUT2D eigenvalue weighted by Gasteiger charge is 1.93. The molecule has 0 amide bonds. The quantitative estimate of drug-likeness (QED) is 0.467. The Bertz CT molecular complexity index is 379. The first-order valence-corrected chi connectivity index (χ1v) is 7.39. The lowest BCUT2D eigenvalue weighted by Gasteiger charge is -2.00. The largest absolute Gasteiger partial charge is 0.692 e. The third-order valence-electron chi connectivity index (χ3n) is 1.73. The minimum Gasteiger partial charge on any atom is -0.134 e. The van der Waals surface area contributed by atoms with E-state index in [0.717, 1.165) is 0 Å². The molecular weight excluding hydrogens is 301 g/mol. The standard InChI is InChI=1S/C9H11Cl.2HO3P/c1-7-3-4-9(6-10)5-8(7)2;2*1-4(2)3/h3-5H,6H2,1-2H3;2*(H-,1,2,3)/p+2. The summed E-state index contributed by atoms with van der Waals surface area (Å²) < 4.78 is 17.4. The van der Waals surface area contributed by atoms with Crippen LogP contribution in [0.4, 0.5) is 0 Å². The molecule has 4 N–H and O–H groups in total. The van der Waals surface area contributed by atoms with E-state index in [1.807, 2.05) is 0 Å². The summed E-state index contributed by atoms with van der Waals surface area (Å²) in [5.41, 5.74) is 3.84. The van der Waals surface area contributed by atoms with Gasteiger partial charge in [-0.25, -0.2) is 0 Å². The van der Waals surface area contributed by atoms with Crippen LogP contribution in [0.1, 0.15) is 16.7 Å². The molecule has 0 aliphatic heterocycles. The highest BCUT2D eigenvalue weighted by molar-refractivity contribution is 7.31. The molecule has 1 aromatic rings. The molecule has 0 heterocycles. The van der Waals surface area contributed by atoms with Gasteiger partial charge in [0, 0.05) is 15.0 Å². The van der Waals surface area contributed by atoms with E-state index >= 15 is 0 Å². The van der Waals surface area contributed by atoms with E-state index in [4.69, 9.17) is 40.3 Å². The normalized spacial score (nSPS) is 8.39. The number of alkyl halides is 1. The van der Waals surface area contributed by atoms with Gasteiger partial charge in [-0.05, 0) is 30.5 Å². The summed E-state index contributed by atoms with van der Waals surface area (Å²) in [7, 11) is -5.74. The van der Waals surface area contributed by atoms with E-state index in [0.29, 0.717) is 5.88 Å². The molecule has 0 aliphatic rings. The van der Waals surface area contributed by atoms with Gasteiger partial charge in [-0.1, -0.05) is 18.2 Å². The Balaban J connectivity index is 0. The van der Waals surface area contributed by atoms with Crippen molar-refractivity contribution in [1.82, 2.24) is 0 Å². The molecule has 1 aromatic carbocycles. The van der Waals surface area contributed by atoms with Crippen LogP contribution < -0.4 is 0 Å². The number of hydrogen-bond acceptors (Lipinski definition) is 2. The molecule has 18 heavy (non-hydrogen) atoms. The number of hydrogen-bond donors (Lipinski definition) is 4. The van der Waals surface area contributed by atoms with E-state index in [1.54, 1.807) is 0 Å². The second-order valence-electron chi connectivity index (χ2n) is 3.06. The highest BCUT2D eigenvalue weighted by Crippen LogP contribution is 2.10. The fraction of sp³-hybridized carbons (Fsp3) is 0.333. The van der Waals surface area contributed by atoms with Crippen LogP contribution in [0.25, 0.3) is 0 Å². The molecule has 0 radical (unpaired) electrons. The van der Waals surface area contributed by atoms with Crippen LogP contribution in [-0.2, 0) is 15.0 Å². The van der Waals surface area contributed by atoms with Crippen LogP contribution in [0, 0.1) is 13.8 Å². The van der Waals surface area contributed by atoms with E-state index in [1.165, 1.54) is 16.7 Å². The number of halogens is 1. The highest BCUT2D eigenvalue weighted by atomic mass is 35.5. The molecule has 102 valence electrons. The molecular formula is C9H15ClO6P2+2. The average Bonchev–Trinajstić information content (AvgIpc) is 2.20. The summed E-state index contributed by atoms with van der Waals surface area (Å²) in [6.07, 6.45) is 0. The van der Waals surface area contributed by atoms with Gasteiger partial charge in [0.05, 0.1) is 0 Å². The molecule has 0 aromatic heterocycles. The lowest BCUT2D eigenvalue weighted by atomic mass is 10.1. The molecule has 0 saturated heterocycles. The molecule has 6 nitrogen and oxygen atoms in total. The second-order valence-corrected chi connectivity index (χ2v) is 4.34. The van der Waals surface area contributed by atoms with E-state index in [-0.39, 0.29) is 0 Å². The van der Waals surface area contributed by atoms with Crippen LogP contribution in [0.2, 0.25) is 0 Å². The van der Waals surface area contributed by atoms with Crippen molar-refractivity contribution >= 4 is 28.1 Å². The van der Waals surface area contributed by atoms with Crippen molar-refractivity contribution in [3.8, 4) is 0 Å². The maximum absolute atomic E-state index is 8.70. The summed E-state index contributed by atoms with van der Waals surface area (Å²) in [5, 5.41) is 0. The van der Waals surface area contributed by atoms with Crippen LogP contribution in [0.15, 0.2) is 18.2 Å². The van der Waals surface area contributed by atoms with Gasteiger partial charge < -0.3 is 0 Å². The Hall–Kier alpha value is -0.450. The summed E-state index contributed by atoms with van der Waals surface area (Å²) in [4.78, 5) is 28.5. The Morgan fingerprint density at radius 1 is 1.00 bits per heavy atom. The van der Waals surface area contributed by atoms with Crippen molar-refractivity contribution in [2.75, 3.05) is 0 Å². The monoisotopic (exact) mass is 316 g/mol. The van der Waals surface area contributed by atoms with Crippen LogP contribution in [0.3, 0.4) is 0 Å². The van der Waals surface area contributed by atoms with Crippen molar-refractivity contribution in [3.63, 3.8) is 0 Å². The third-order valence-corrected chi connectivity index (χ3v) is 2.03. The number of rotatable bonds is 1. The molecule has 0 bridgehead atoms. The number of aryl methyl sites for hydroxylation is 2. The van der Waals surface area contributed by atoms with Crippen LogP contribution in [-0.4, -0.2) is 19.6 Å². The van der Waals surface area contributed by atoms with Crippen molar-refractivity contribution in [2.24, 2.45) is 0 Å². The topological polar surface area (TPSA) is 115 Å². The van der Waals surface area contributed by atoms with Crippen LogP contribution in [0.5, 0.6) is 0 Å². The van der Waals surface area contributed by atoms with Crippen LogP contribution >= 0.6 is 28.1 Å². The van der Waals surface area contributed by atoms with Gasteiger partial charge in [-0.3, -0.25) is 0 Å². The Morgan fingerprint density at radius 2 is 1.39 bits per heavy atom. The molecule has 1 rings (SSSR count). The smallest absolute Gasteiger partial charge is 0.134 e. The first-order chi connectivity index (χ1) is 8.20. The predicted octanol–water partition coefficient (Wildman–Crippen LogP) is 2.30. The van der Waals surface area contributed by atoms with E-state index < -0.39 is 16.5 Å². The molecule has 0 saturated carbocycles. The van der Waals surface area contributed by atoms with Gasteiger partial charge in [0.25, 0.3) is 0 Å². The Kier molecular flexibility index (Phi) is 12.8. The molecule has 0 unspecified atom stereocenters.